The lowest BCUT2D eigenvalue weighted by atomic mass is 9.86. The van der Waals surface area contributed by atoms with Crippen molar-refractivity contribution in [1.82, 2.24) is 20.2 Å². The van der Waals surface area contributed by atoms with E-state index in [0.717, 1.165) is 12.0 Å². The van der Waals surface area contributed by atoms with Gasteiger partial charge in [-0.25, -0.2) is 24.2 Å². The molecule has 1 N–H and O–H groups in total. The van der Waals surface area contributed by atoms with Gasteiger partial charge in [-0.1, -0.05) is 57.7 Å². The molecule has 1 unspecified atom stereocenters. The average molecular weight is 817 g/mol. The van der Waals surface area contributed by atoms with Crippen LogP contribution in [0, 0.1) is 11.3 Å². The molecule has 2 aliphatic rings. The standard InChI is InChI=1S/C45H60N4O10/c1-27(16-15-19-29-22-34(29)57-41(52)48-37(43(2,3)4)40(51)58-44(5,6)7)35-36(55-26-28-17-13-12-14-18-28)31-24-46-21-20-32(31)47-38(35)56-30-23-33(39(50)54-11)49(25-30)42(53)59-45(8,9)10/h12-14,17-18,20-21,24,29-30,33-34,37H,1,15-16,19,22-23,25-26H2,2-11H3,(H,48,52)/t29-,30-,33+,34-,37?/m1/s1. The van der Waals surface area contributed by atoms with Crippen molar-refractivity contribution < 1.29 is 47.6 Å². The van der Waals surface area contributed by atoms with Crippen LogP contribution in [0.25, 0.3) is 16.5 Å². The predicted octanol–water partition coefficient (Wildman–Crippen LogP) is 8.19. The van der Waals surface area contributed by atoms with Crippen LogP contribution in [0.15, 0.2) is 55.4 Å². The van der Waals surface area contributed by atoms with E-state index in [1.54, 1.807) is 60.0 Å². The number of nitrogens with one attached hydrogen (secondary N) is 1. The molecule has 1 saturated carbocycles. The van der Waals surface area contributed by atoms with Crippen LogP contribution in [-0.4, -0.2) is 88.1 Å². The van der Waals surface area contributed by atoms with Crippen molar-refractivity contribution in [3.05, 3.63) is 66.5 Å². The second-order valence-corrected chi connectivity index (χ2v) is 18.3. The number of hydrogen-bond donors (Lipinski definition) is 1. The first-order valence-electron chi connectivity index (χ1n) is 20.2. The summed E-state index contributed by atoms with van der Waals surface area (Å²) in [4.78, 5) is 62.7. The lowest BCUT2D eigenvalue weighted by Gasteiger charge is -2.32. The molecule has 14 nitrogen and oxygen atoms in total. The van der Waals surface area contributed by atoms with Gasteiger partial charge in [0.15, 0.2) is 0 Å². The van der Waals surface area contributed by atoms with Crippen LogP contribution >= 0.6 is 0 Å². The summed E-state index contributed by atoms with van der Waals surface area (Å²) in [7, 11) is 1.28. The van der Waals surface area contributed by atoms with Crippen LogP contribution in [0.3, 0.4) is 0 Å². The summed E-state index contributed by atoms with van der Waals surface area (Å²) in [5.41, 5.74) is 0.719. The number of rotatable bonds is 14. The normalized spacial score (nSPS) is 19.7. The Hall–Kier alpha value is -5.40. The first-order chi connectivity index (χ1) is 27.6. The fraction of sp³-hybridized carbons (Fsp3) is 0.556. The third-order valence-electron chi connectivity index (χ3n) is 9.87. The van der Waals surface area contributed by atoms with E-state index in [0.29, 0.717) is 47.1 Å². The first-order valence-corrected chi connectivity index (χ1v) is 20.2. The van der Waals surface area contributed by atoms with Crippen molar-refractivity contribution in [1.29, 1.82) is 0 Å². The summed E-state index contributed by atoms with van der Waals surface area (Å²) in [6.45, 7) is 21.0. The fourth-order valence-corrected chi connectivity index (χ4v) is 6.91. The number of likely N-dealkylation sites (tertiary alicyclic amines) is 1. The minimum absolute atomic E-state index is 0.0573. The molecule has 0 spiro atoms. The molecule has 3 heterocycles. The number of fused-ring (bicyclic) bond motifs is 1. The van der Waals surface area contributed by atoms with Crippen molar-refractivity contribution in [3.63, 3.8) is 0 Å². The molecule has 5 atom stereocenters. The van der Waals surface area contributed by atoms with Crippen LogP contribution in [0.5, 0.6) is 11.6 Å². The van der Waals surface area contributed by atoms with E-state index in [4.69, 9.17) is 33.4 Å². The third-order valence-corrected chi connectivity index (χ3v) is 9.87. The van der Waals surface area contributed by atoms with Crippen molar-refractivity contribution in [2.45, 2.75) is 137 Å². The Bertz CT molecular complexity index is 2000. The maximum absolute atomic E-state index is 13.3. The molecule has 1 aliphatic heterocycles. The second kappa shape index (κ2) is 18.3. The zero-order valence-corrected chi connectivity index (χ0v) is 36.1. The lowest BCUT2D eigenvalue weighted by Crippen LogP contribution is -2.51. The SMILES string of the molecule is C=C(CCC[C@@H]1C[C@H]1OC(=O)NC(C(=O)OC(C)(C)C)C(C)(C)C)c1c(O[C@@H]2C[C@@H](C(=O)OC)N(C(=O)OC(C)(C)C)C2)nc2ccncc2c1OCc1ccccc1. The highest BCUT2D eigenvalue weighted by molar-refractivity contribution is 5.92. The fourth-order valence-electron chi connectivity index (χ4n) is 6.91. The molecule has 320 valence electrons. The number of amides is 2. The van der Waals surface area contributed by atoms with E-state index in [9.17, 15) is 19.2 Å². The highest BCUT2D eigenvalue weighted by atomic mass is 16.6. The molecule has 1 aromatic carbocycles. The number of benzene rings is 1. The number of pyridine rings is 2. The second-order valence-electron chi connectivity index (χ2n) is 18.3. The lowest BCUT2D eigenvalue weighted by molar-refractivity contribution is -0.160. The van der Waals surface area contributed by atoms with Gasteiger partial charge in [0.1, 0.15) is 47.9 Å². The maximum atomic E-state index is 13.3. The molecule has 0 bridgehead atoms. The summed E-state index contributed by atoms with van der Waals surface area (Å²) in [5.74, 6) is -0.203. The van der Waals surface area contributed by atoms with Crippen LogP contribution in [0.1, 0.15) is 106 Å². The number of allylic oxidation sites excluding steroid dienone is 1. The Balaban J connectivity index is 1.33. The highest BCUT2D eigenvalue weighted by Gasteiger charge is 2.45. The van der Waals surface area contributed by atoms with Gasteiger partial charge in [0.05, 0.1) is 30.1 Å². The maximum Gasteiger partial charge on any atom is 0.411 e. The number of ether oxygens (including phenoxy) is 6. The van der Waals surface area contributed by atoms with Crippen LogP contribution in [0.4, 0.5) is 9.59 Å². The molecule has 2 fully saturated rings. The zero-order valence-electron chi connectivity index (χ0n) is 36.1. The number of hydrogen-bond acceptors (Lipinski definition) is 12. The van der Waals surface area contributed by atoms with Crippen molar-refractivity contribution >= 4 is 40.6 Å². The van der Waals surface area contributed by atoms with Crippen molar-refractivity contribution in [2.75, 3.05) is 13.7 Å². The van der Waals surface area contributed by atoms with E-state index in [2.05, 4.69) is 16.9 Å². The van der Waals surface area contributed by atoms with Crippen LogP contribution in [0.2, 0.25) is 0 Å². The Kier molecular flexibility index (Phi) is 13.8. The van der Waals surface area contributed by atoms with Crippen molar-refractivity contribution in [3.8, 4) is 11.6 Å². The number of esters is 2. The first kappa shape index (κ1) is 44.7. The Morgan fingerprint density at radius 3 is 2.29 bits per heavy atom. The van der Waals surface area contributed by atoms with Gasteiger partial charge in [-0.05, 0) is 95.8 Å². The largest absolute Gasteiger partial charge is 0.487 e. The van der Waals surface area contributed by atoms with Gasteiger partial charge < -0.3 is 33.7 Å². The molecule has 5 rings (SSSR count). The Morgan fingerprint density at radius 2 is 1.64 bits per heavy atom. The van der Waals surface area contributed by atoms with E-state index < -0.39 is 58.9 Å². The van der Waals surface area contributed by atoms with E-state index >= 15 is 0 Å². The Morgan fingerprint density at radius 1 is 0.949 bits per heavy atom. The van der Waals surface area contributed by atoms with Gasteiger partial charge in [-0.3, -0.25) is 9.88 Å². The smallest absolute Gasteiger partial charge is 0.411 e. The number of methoxy groups -OCH3 is 1. The van der Waals surface area contributed by atoms with E-state index in [-0.39, 0.29) is 37.5 Å². The molecule has 1 saturated heterocycles. The number of aromatic nitrogens is 2. The summed E-state index contributed by atoms with van der Waals surface area (Å²) >= 11 is 0. The van der Waals surface area contributed by atoms with Crippen molar-refractivity contribution in [2.24, 2.45) is 11.3 Å². The number of carbonyl (C=O) groups excluding carboxylic acids is 4. The van der Waals surface area contributed by atoms with Crippen LogP contribution < -0.4 is 14.8 Å². The van der Waals surface area contributed by atoms with E-state index in [1.807, 2.05) is 51.1 Å². The van der Waals surface area contributed by atoms with Gasteiger partial charge in [-0.2, -0.15) is 0 Å². The molecule has 0 radical (unpaired) electrons. The monoisotopic (exact) mass is 816 g/mol. The molecular weight excluding hydrogens is 757 g/mol. The molecular formula is C45H60N4O10. The quantitative estimate of drug-likeness (QED) is 0.123. The molecule has 2 amide bonds. The topological polar surface area (TPSA) is 165 Å². The summed E-state index contributed by atoms with van der Waals surface area (Å²) < 4.78 is 35.2. The summed E-state index contributed by atoms with van der Waals surface area (Å²) in [6.07, 6.45) is 3.94. The minimum atomic E-state index is -0.919. The minimum Gasteiger partial charge on any atom is -0.487 e. The summed E-state index contributed by atoms with van der Waals surface area (Å²) in [6, 6.07) is 9.73. The van der Waals surface area contributed by atoms with Gasteiger partial charge in [0.2, 0.25) is 5.88 Å². The molecule has 2 aromatic heterocycles. The highest BCUT2D eigenvalue weighted by Crippen LogP contribution is 2.44. The summed E-state index contributed by atoms with van der Waals surface area (Å²) in [5, 5.41) is 3.40. The van der Waals surface area contributed by atoms with E-state index in [1.165, 1.54) is 12.0 Å². The van der Waals surface area contributed by atoms with Crippen LogP contribution in [-0.2, 0) is 35.1 Å². The van der Waals surface area contributed by atoms with Gasteiger partial charge in [-0.15, -0.1) is 0 Å². The van der Waals surface area contributed by atoms with Gasteiger partial charge in [0, 0.05) is 18.8 Å². The number of nitrogens with zero attached hydrogens (tertiary/aromatic N) is 3. The third kappa shape index (κ3) is 12.3. The molecule has 59 heavy (non-hydrogen) atoms. The zero-order chi connectivity index (χ0) is 43.3. The van der Waals surface area contributed by atoms with Gasteiger partial charge in [0.25, 0.3) is 0 Å². The molecule has 3 aromatic rings. The molecule has 1 aliphatic carbocycles. The van der Waals surface area contributed by atoms with Gasteiger partial charge >= 0.3 is 24.1 Å². The Labute approximate surface area is 347 Å². The molecule has 14 heteroatoms. The predicted molar refractivity (Wildman–Crippen MR) is 222 cm³/mol. The number of carbonyl (C=O) groups is 4. The number of alkyl carbamates (subject to hydrolysis) is 1. The average Bonchev–Trinajstić information content (AvgIpc) is 3.73.